The second-order valence-corrected chi connectivity index (χ2v) is 10.3. The van der Waals surface area contributed by atoms with Gasteiger partial charge in [-0.15, -0.1) is 0 Å². The average Bonchev–Trinajstić information content (AvgIpc) is 2.86. The molecular formula is C34H31NO. The predicted octanol–water partition coefficient (Wildman–Crippen LogP) is 8.48. The molecule has 1 unspecified atom stereocenters. The van der Waals surface area contributed by atoms with Crippen LogP contribution < -0.4 is 0 Å². The zero-order chi connectivity index (χ0) is 25.0. The maximum atomic E-state index is 6.63. The summed E-state index contributed by atoms with van der Waals surface area (Å²) in [5, 5.41) is 1.14. The van der Waals surface area contributed by atoms with Gasteiger partial charge in [0, 0.05) is 11.6 Å². The normalized spacial score (nSPS) is 16.1. The minimum atomic E-state index is -0.0708. The number of para-hydroxylation sites is 1. The third kappa shape index (κ3) is 3.69. The summed E-state index contributed by atoms with van der Waals surface area (Å²) in [6.45, 7) is 13.9. The molecule has 2 heterocycles. The summed E-state index contributed by atoms with van der Waals surface area (Å²) >= 11 is 0. The average molecular weight is 470 g/mol. The number of ether oxygens (including phenoxy) is 1. The fourth-order valence-corrected chi connectivity index (χ4v) is 5.99. The maximum absolute atomic E-state index is 6.63. The smallest absolute Gasteiger partial charge is 0.113 e. The highest BCUT2D eigenvalue weighted by Gasteiger charge is 2.33. The number of benzene rings is 3. The van der Waals surface area contributed by atoms with Gasteiger partial charge in [-0.3, -0.25) is 4.98 Å². The fraction of sp³-hybridized carbons (Fsp3) is 0.206. The Bertz CT molecular complexity index is 1620. The molecule has 1 atom stereocenters. The lowest BCUT2D eigenvalue weighted by molar-refractivity contribution is 0.181. The van der Waals surface area contributed by atoms with E-state index in [1.165, 1.54) is 50.1 Å². The second-order valence-electron chi connectivity index (χ2n) is 10.3. The van der Waals surface area contributed by atoms with E-state index in [0.717, 1.165) is 34.2 Å². The summed E-state index contributed by atoms with van der Waals surface area (Å²) in [7, 11) is 0. The van der Waals surface area contributed by atoms with E-state index in [0.29, 0.717) is 6.61 Å². The molecule has 2 aliphatic rings. The number of nitrogens with zero attached hydrogens (tertiary/aromatic N) is 1. The summed E-state index contributed by atoms with van der Waals surface area (Å²) in [4.78, 5) is 4.85. The van der Waals surface area contributed by atoms with Crippen LogP contribution in [0.25, 0.3) is 22.0 Å². The molecule has 0 radical (unpaired) electrons. The van der Waals surface area contributed by atoms with Crippen molar-refractivity contribution in [2.75, 3.05) is 0 Å². The highest BCUT2D eigenvalue weighted by atomic mass is 16.5. The molecule has 0 saturated heterocycles. The molecular weight excluding hydrogens is 438 g/mol. The third-order valence-corrected chi connectivity index (χ3v) is 7.77. The molecule has 3 aromatic carbocycles. The number of aryl methyl sites for hydroxylation is 2. The number of pyridine rings is 1. The van der Waals surface area contributed by atoms with E-state index in [1.54, 1.807) is 0 Å². The number of hydrogen-bond donors (Lipinski definition) is 0. The Hall–Kier alpha value is -3.91. The molecule has 2 heteroatoms. The van der Waals surface area contributed by atoms with E-state index in [2.05, 4.69) is 94.9 Å². The topological polar surface area (TPSA) is 22.1 Å². The number of fused-ring (bicyclic) bond motifs is 3. The van der Waals surface area contributed by atoms with Gasteiger partial charge in [-0.1, -0.05) is 72.3 Å². The molecule has 1 aliphatic heterocycles. The highest BCUT2D eigenvalue weighted by molar-refractivity contribution is 5.83. The van der Waals surface area contributed by atoms with Crippen LogP contribution in [0.3, 0.4) is 0 Å². The van der Waals surface area contributed by atoms with Crippen molar-refractivity contribution in [1.29, 1.82) is 0 Å². The van der Waals surface area contributed by atoms with Crippen molar-refractivity contribution in [3.63, 3.8) is 0 Å². The maximum Gasteiger partial charge on any atom is 0.113 e. The summed E-state index contributed by atoms with van der Waals surface area (Å²) in [6.07, 6.45) is 2.88. The van der Waals surface area contributed by atoms with E-state index >= 15 is 0 Å². The molecule has 1 aromatic heterocycles. The lowest BCUT2D eigenvalue weighted by Gasteiger charge is -2.34. The van der Waals surface area contributed by atoms with Gasteiger partial charge < -0.3 is 4.74 Å². The lowest BCUT2D eigenvalue weighted by Crippen LogP contribution is -2.19. The minimum absolute atomic E-state index is 0.0708. The Morgan fingerprint density at radius 2 is 1.50 bits per heavy atom. The van der Waals surface area contributed by atoms with Gasteiger partial charge in [0.05, 0.1) is 11.4 Å². The Kier molecular flexibility index (Phi) is 5.41. The van der Waals surface area contributed by atoms with Crippen LogP contribution in [0.5, 0.6) is 0 Å². The summed E-state index contributed by atoms with van der Waals surface area (Å²) in [5.41, 5.74) is 14.8. The molecule has 6 rings (SSSR count). The molecule has 4 aromatic rings. The van der Waals surface area contributed by atoms with Crippen LogP contribution in [-0.2, 0) is 17.8 Å². The van der Waals surface area contributed by atoms with E-state index in [-0.39, 0.29) is 5.92 Å². The molecule has 1 aliphatic carbocycles. The Labute approximate surface area is 213 Å². The second kappa shape index (κ2) is 8.64. The predicted molar refractivity (Wildman–Crippen MR) is 150 cm³/mol. The molecule has 0 amide bonds. The van der Waals surface area contributed by atoms with Gasteiger partial charge in [0.15, 0.2) is 0 Å². The van der Waals surface area contributed by atoms with Crippen molar-refractivity contribution < 1.29 is 4.74 Å². The minimum Gasteiger partial charge on any atom is -0.492 e. The quantitative estimate of drug-likeness (QED) is 0.300. The molecule has 0 spiro atoms. The van der Waals surface area contributed by atoms with Crippen LogP contribution in [0.4, 0.5) is 0 Å². The van der Waals surface area contributed by atoms with Crippen molar-refractivity contribution in [2.24, 2.45) is 0 Å². The van der Waals surface area contributed by atoms with Gasteiger partial charge >= 0.3 is 0 Å². The number of rotatable bonds is 3. The number of allylic oxidation sites excluding steroid dienone is 4. The highest BCUT2D eigenvalue weighted by Crippen LogP contribution is 2.48. The lowest BCUT2D eigenvalue weighted by atomic mass is 9.74. The van der Waals surface area contributed by atoms with E-state index < -0.39 is 0 Å². The molecule has 0 fully saturated rings. The Morgan fingerprint density at radius 1 is 0.806 bits per heavy atom. The van der Waals surface area contributed by atoms with Gasteiger partial charge in [-0.25, -0.2) is 0 Å². The summed E-state index contributed by atoms with van der Waals surface area (Å²) in [5.74, 6) is 0.938. The van der Waals surface area contributed by atoms with Crippen molar-refractivity contribution in [2.45, 2.75) is 46.6 Å². The molecule has 36 heavy (non-hydrogen) atoms. The first kappa shape index (κ1) is 22.5. The van der Waals surface area contributed by atoms with Gasteiger partial charge in [0.2, 0.25) is 0 Å². The first-order valence-corrected chi connectivity index (χ1v) is 12.7. The monoisotopic (exact) mass is 469 g/mol. The number of aromatic nitrogens is 1. The Balaban J connectivity index is 1.61. The van der Waals surface area contributed by atoms with Gasteiger partial charge in [0.1, 0.15) is 12.4 Å². The zero-order valence-corrected chi connectivity index (χ0v) is 21.5. The molecule has 2 nitrogen and oxygen atoms in total. The zero-order valence-electron chi connectivity index (χ0n) is 21.5. The summed E-state index contributed by atoms with van der Waals surface area (Å²) in [6, 6.07) is 24.0. The van der Waals surface area contributed by atoms with Crippen molar-refractivity contribution in [3.8, 4) is 0 Å². The first-order valence-electron chi connectivity index (χ1n) is 12.7. The third-order valence-electron chi connectivity index (χ3n) is 7.77. The van der Waals surface area contributed by atoms with Gasteiger partial charge in [0.25, 0.3) is 0 Å². The van der Waals surface area contributed by atoms with E-state index in [4.69, 9.17) is 9.72 Å². The molecule has 0 N–H and O–H groups in total. The fourth-order valence-electron chi connectivity index (χ4n) is 5.99. The standard InChI is InChI=1S/C34H31NO/c1-20-10-12-29-23(4)32(22(3)16-26(29)14-20)33(27-17-25-8-6-7-9-31(25)35-18-27)34-24(5)30-13-11-21(2)15-28(30)19-36-34/h6-15,17-18,33H,3,16,19H2,1-2,4-5H3. The van der Waals surface area contributed by atoms with E-state index in [1.807, 2.05) is 12.3 Å². The molecule has 0 saturated carbocycles. The molecule has 178 valence electrons. The van der Waals surface area contributed by atoms with Crippen LogP contribution in [-0.4, -0.2) is 4.98 Å². The molecule has 0 bridgehead atoms. The van der Waals surface area contributed by atoms with Crippen LogP contribution >= 0.6 is 0 Å². The van der Waals surface area contributed by atoms with Crippen molar-refractivity contribution in [1.82, 2.24) is 4.98 Å². The van der Waals surface area contributed by atoms with Gasteiger partial charge in [-0.2, -0.15) is 0 Å². The van der Waals surface area contributed by atoms with Crippen LogP contribution in [0.2, 0.25) is 0 Å². The van der Waals surface area contributed by atoms with Crippen LogP contribution in [0.15, 0.2) is 96.4 Å². The largest absolute Gasteiger partial charge is 0.492 e. The van der Waals surface area contributed by atoms with Gasteiger partial charge in [-0.05, 0) is 96.4 Å². The van der Waals surface area contributed by atoms with Crippen molar-refractivity contribution in [3.05, 3.63) is 135 Å². The Morgan fingerprint density at radius 3 is 2.28 bits per heavy atom. The summed E-state index contributed by atoms with van der Waals surface area (Å²) < 4.78 is 6.63. The van der Waals surface area contributed by atoms with E-state index in [9.17, 15) is 0 Å². The van der Waals surface area contributed by atoms with Crippen LogP contribution in [0, 0.1) is 13.8 Å². The number of hydrogen-bond acceptors (Lipinski definition) is 2. The SMILES string of the molecule is C=C1Cc2cc(C)ccc2C(C)=C1C(C1=C(C)c2ccc(C)cc2CO1)c1cnc2ccccc2c1. The first-order chi connectivity index (χ1) is 17.4. The van der Waals surface area contributed by atoms with Crippen molar-refractivity contribution >= 4 is 22.0 Å². The van der Waals surface area contributed by atoms with Crippen LogP contribution in [0.1, 0.15) is 58.7 Å².